The fraction of sp³-hybridized carbons (Fsp3) is 0.875. The van der Waals surface area contributed by atoms with Crippen LogP contribution in [0.3, 0.4) is 0 Å². The maximum atomic E-state index is 3.78. The Morgan fingerprint density at radius 2 is 1.50 bits per heavy atom. The topological polar surface area (TPSA) is 0 Å². The van der Waals surface area contributed by atoms with Crippen LogP contribution in [-0.2, 0) is 0 Å². The smallest absolute Gasteiger partial charge is 1.00 e. The van der Waals surface area contributed by atoms with Crippen molar-refractivity contribution in [2.75, 3.05) is 0 Å². The first kappa shape index (κ1) is 17.9. The molecule has 0 radical (unpaired) electrons. The van der Waals surface area contributed by atoms with Gasteiger partial charge in [0.05, 0.1) is 0 Å². The van der Waals surface area contributed by atoms with Crippen LogP contribution in [0.5, 0.6) is 0 Å². The predicted molar refractivity (Wildman–Crippen MR) is 44.5 cm³/mol. The van der Waals surface area contributed by atoms with Crippen molar-refractivity contribution >= 4 is 37.7 Å². The van der Waals surface area contributed by atoms with Gasteiger partial charge >= 0.3 is 37.7 Å². The van der Waals surface area contributed by atoms with Crippen LogP contribution in [0.1, 0.15) is 45.4 Å². The van der Waals surface area contributed by atoms with Gasteiger partial charge in [0.2, 0.25) is 0 Å². The molecular weight excluding hydrogens is 263 g/mol. The fourth-order valence-corrected chi connectivity index (χ4v) is 0.780. The van der Waals surface area contributed by atoms with Crippen molar-refractivity contribution in [2.45, 2.75) is 45.4 Å². The molecule has 0 N–H and O–H groups in total. The van der Waals surface area contributed by atoms with E-state index in [0.29, 0.717) is 0 Å². The second-order valence-electron chi connectivity index (χ2n) is 2.27. The van der Waals surface area contributed by atoms with Crippen LogP contribution in [0.4, 0.5) is 0 Å². The van der Waals surface area contributed by atoms with Crippen LogP contribution in [0, 0.1) is 6.92 Å². The van der Waals surface area contributed by atoms with Gasteiger partial charge in [-0.05, 0) is 0 Å². The van der Waals surface area contributed by atoms with Gasteiger partial charge in [-0.1, -0.05) is 39.0 Å². The third-order valence-corrected chi connectivity index (χ3v) is 1.35. The van der Waals surface area contributed by atoms with Crippen molar-refractivity contribution < 1.29 is 24.0 Å². The number of halogens is 1. The molecule has 0 aliphatic rings. The summed E-state index contributed by atoms with van der Waals surface area (Å²) in [7, 11) is 0. The van der Waals surface area contributed by atoms with Gasteiger partial charge in [-0.2, -0.15) is 6.42 Å². The molecule has 0 saturated carbocycles. The summed E-state index contributed by atoms with van der Waals surface area (Å²) < 4.78 is 0. The number of hydrogen-bond acceptors (Lipinski definition) is 0. The first-order valence-electron chi connectivity index (χ1n) is 3.71. The number of unbranched alkanes of at least 4 members (excludes halogenated alkanes) is 5. The van der Waals surface area contributed by atoms with Crippen molar-refractivity contribution in [1.82, 2.24) is 0 Å². The first-order valence-corrected chi connectivity index (χ1v) is 3.71. The van der Waals surface area contributed by atoms with Gasteiger partial charge < -0.3 is 30.9 Å². The van der Waals surface area contributed by atoms with Gasteiger partial charge in [-0.3, -0.25) is 0 Å². The Morgan fingerprint density at radius 1 is 1.00 bits per heavy atom. The van der Waals surface area contributed by atoms with E-state index in [9.17, 15) is 0 Å². The molecule has 2 heteroatoms. The summed E-state index contributed by atoms with van der Waals surface area (Å²) in [6.45, 7) is 6.02. The summed E-state index contributed by atoms with van der Waals surface area (Å²) in [6.07, 6.45) is 7.98. The summed E-state index contributed by atoms with van der Waals surface area (Å²) in [5, 5.41) is 0. The SMILES string of the molecule is [CH2-]CCCCCCC.[Ca+2].[I-]. The maximum absolute atomic E-state index is 3.78. The standard InChI is InChI=1S/C8H17.Ca.HI/c1-3-5-7-8-6-4-2;;/h1,3-8H2,2H3;;1H/q-1;+2;/p-1. The molecule has 0 unspecified atom stereocenters. The zero-order valence-electron chi connectivity index (χ0n) is 7.03. The van der Waals surface area contributed by atoms with E-state index in [0.717, 1.165) is 6.42 Å². The molecule has 58 valence electrons. The Balaban J connectivity index is -0.000000245. The third kappa shape index (κ3) is 16.5. The van der Waals surface area contributed by atoms with E-state index in [1.807, 2.05) is 0 Å². The molecule has 0 spiro atoms. The van der Waals surface area contributed by atoms with Crippen LogP contribution >= 0.6 is 0 Å². The Hall–Kier alpha value is 1.99. The van der Waals surface area contributed by atoms with E-state index in [-0.39, 0.29) is 61.7 Å². The zero-order chi connectivity index (χ0) is 6.24. The van der Waals surface area contributed by atoms with Gasteiger partial charge in [0.25, 0.3) is 0 Å². The average Bonchev–Trinajstić information content (AvgIpc) is 1.81. The van der Waals surface area contributed by atoms with Crippen LogP contribution in [0.25, 0.3) is 0 Å². The van der Waals surface area contributed by atoms with Crippen molar-refractivity contribution in [3.05, 3.63) is 6.92 Å². The molecule has 0 aromatic heterocycles. The van der Waals surface area contributed by atoms with Gasteiger partial charge in [0.15, 0.2) is 0 Å². The summed E-state index contributed by atoms with van der Waals surface area (Å²) >= 11 is 0. The molecular formula is C8H17CaI. The molecule has 0 aromatic rings. The average molecular weight is 280 g/mol. The second kappa shape index (κ2) is 17.2. The normalized spacial score (nSPS) is 7.80. The Morgan fingerprint density at radius 3 is 1.90 bits per heavy atom. The molecule has 0 bridgehead atoms. The molecule has 0 atom stereocenters. The molecule has 0 aromatic carbocycles. The van der Waals surface area contributed by atoms with Crippen molar-refractivity contribution in [2.24, 2.45) is 0 Å². The monoisotopic (exact) mass is 280 g/mol. The van der Waals surface area contributed by atoms with Crippen molar-refractivity contribution in [3.8, 4) is 0 Å². The molecule has 0 saturated heterocycles. The third-order valence-electron chi connectivity index (χ3n) is 1.35. The van der Waals surface area contributed by atoms with Crippen LogP contribution < -0.4 is 24.0 Å². The molecule has 0 fully saturated rings. The van der Waals surface area contributed by atoms with Gasteiger partial charge in [0, 0.05) is 0 Å². The minimum atomic E-state index is 0. The summed E-state index contributed by atoms with van der Waals surface area (Å²) in [4.78, 5) is 0. The maximum Gasteiger partial charge on any atom is 2.00 e. The molecule has 0 aliphatic carbocycles. The molecule has 0 aliphatic heterocycles. The largest absolute Gasteiger partial charge is 2.00 e. The van der Waals surface area contributed by atoms with E-state index < -0.39 is 0 Å². The summed E-state index contributed by atoms with van der Waals surface area (Å²) in [6, 6.07) is 0. The molecule has 0 amide bonds. The van der Waals surface area contributed by atoms with Crippen molar-refractivity contribution in [1.29, 1.82) is 0 Å². The van der Waals surface area contributed by atoms with Crippen LogP contribution in [0.15, 0.2) is 0 Å². The van der Waals surface area contributed by atoms with E-state index >= 15 is 0 Å². The quantitative estimate of drug-likeness (QED) is 0.283. The minimum Gasteiger partial charge on any atom is -1.00 e. The van der Waals surface area contributed by atoms with E-state index in [1.54, 1.807) is 0 Å². The Kier molecular flexibility index (Phi) is 30.8. The van der Waals surface area contributed by atoms with Crippen molar-refractivity contribution in [3.63, 3.8) is 0 Å². The van der Waals surface area contributed by atoms with Crippen LogP contribution in [-0.4, -0.2) is 37.7 Å². The molecule has 0 heterocycles. The van der Waals surface area contributed by atoms with Gasteiger partial charge in [-0.25, -0.2) is 0 Å². The number of rotatable bonds is 5. The minimum absolute atomic E-state index is 0. The zero-order valence-corrected chi connectivity index (χ0v) is 11.4. The van der Waals surface area contributed by atoms with E-state index in [2.05, 4.69) is 13.8 Å². The summed E-state index contributed by atoms with van der Waals surface area (Å²) in [5.41, 5.74) is 0. The summed E-state index contributed by atoms with van der Waals surface area (Å²) in [5.74, 6) is 0. The molecule has 0 nitrogen and oxygen atoms in total. The fourth-order valence-electron chi connectivity index (χ4n) is 0.780. The van der Waals surface area contributed by atoms with E-state index in [4.69, 9.17) is 0 Å². The number of hydrogen-bond donors (Lipinski definition) is 0. The van der Waals surface area contributed by atoms with Gasteiger partial charge in [-0.15, -0.1) is 0 Å². The predicted octanol–water partition coefficient (Wildman–Crippen LogP) is -0.196. The van der Waals surface area contributed by atoms with E-state index in [1.165, 1.54) is 32.1 Å². The first-order chi connectivity index (χ1) is 3.91. The van der Waals surface area contributed by atoms with Crippen LogP contribution in [0.2, 0.25) is 0 Å². The second-order valence-corrected chi connectivity index (χ2v) is 2.27. The molecule has 10 heavy (non-hydrogen) atoms. The molecule has 0 rings (SSSR count). The Labute approximate surface area is 113 Å². The van der Waals surface area contributed by atoms with Gasteiger partial charge in [0.1, 0.15) is 0 Å². The Bertz CT molecular complexity index is 34.2.